The van der Waals surface area contributed by atoms with Gasteiger partial charge in [-0.3, -0.25) is 0 Å². The van der Waals surface area contributed by atoms with E-state index in [1.54, 1.807) is 6.08 Å². The van der Waals surface area contributed by atoms with Gasteiger partial charge in [0.1, 0.15) is 0 Å². The van der Waals surface area contributed by atoms with Crippen LogP contribution in [0.2, 0.25) is 0 Å². The van der Waals surface area contributed by atoms with Crippen molar-refractivity contribution in [1.29, 1.82) is 0 Å². The third-order valence-electron chi connectivity index (χ3n) is 2.40. The van der Waals surface area contributed by atoms with Crippen molar-refractivity contribution in [2.75, 3.05) is 6.61 Å². The smallest absolute Gasteiger partial charge is 0.174 e. The highest BCUT2D eigenvalue weighted by atomic mass is 32.1. The molecule has 0 unspecified atom stereocenters. The van der Waals surface area contributed by atoms with Crippen molar-refractivity contribution in [3.05, 3.63) is 53.5 Å². The molecule has 0 saturated carbocycles. The van der Waals surface area contributed by atoms with Gasteiger partial charge in [-0.25, -0.2) is 0 Å². The predicted octanol–water partition coefficient (Wildman–Crippen LogP) is 3.44. The minimum Gasteiger partial charge on any atom is -0.373 e. The first kappa shape index (κ1) is 11.8. The largest absolute Gasteiger partial charge is 0.373 e. The second kappa shape index (κ2) is 5.61. The molecule has 0 fully saturated rings. The lowest BCUT2D eigenvalue weighted by Gasteiger charge is -2.07. The van der Waals surface area contributed by atoms with Crippen LogP contribution in [0.5, 0.6) is 0 Å². The number of aromatic amines is 2. The summed E-state index contributed by atoms with van der Waals surface area (Å²) in [5, 5.41) is 0. The summed E-state index contributed by atoms with van der Waals surface area (Å²) < 4.78 is 6.10. The zero-order valence-electron chi connectivity index (χ0n) is 9.40. The molecule has 2 N–H and O–H groups in total. The van der Waals surface area contributed by atoms with Crippen LogP contribution < -0.4 is 0 Å². The Hall–Kier alpha value is -1.65. The Balaban J connectivity index is 2.27. The molecule has 1 aromatic heterocycles. The molecular formula is C13H14N2OS. The summed E-state index contributed by atoms with van der Waals surface area (Å²) in [4.78, 5) is 6.07. The van der Waals surface area contributed by atoms with Crippen LogP contribution in [0.25, 0.3) is 11.3 Å². The third kappa shape index (κ3) is 2.93. The molecule has 0 spiro atoms. The average molecular weight is 246 g/mol. The molecular weight excluding hydrogens is 232 g/mol. The second-order valence-electron chi connectivity index (χ2n) is 3.62. The van der Waals surface area contributed by atoms with E-state index in [2.05, 4.69) is 16.5 Å². The van der Waals surface area contributed by atoms with E-state index >= 15 is 0 Å². The van der Waals surface area contributed by atoms with E-state index in [9.17, 15) is 0 Å². The van der Waals surface area contributed by atoms with Crippen LogP contribution in [0.15, 0.2) is 43.1 Å². The van der Waals surface area contributed by atoms with Gasteiger partial charge in [-0.15, -0.1) is 6.58 Å². The Morgan fingerprint density at radius 2 is 2.18 bits per heavy atom. The third-order valence-corrected chi connectivity index (χ3v) is 2.62. The van der Waals surface area contributed by atoms with Crippen molar-refractivity contribution in [2.24, 2.45) is 0 Å². The molecule has 2 aromatic rings. The quantitative estimate of drug-likeness (QED) is 0.482. The first-order valence-corrected chi connectivity index (χ1v) is 5.76. The van der Waals surface area contributed by atoms with Crippen LogP contribution in [-0.2, 0) is 11.3 Å². The lowest BCUT2D eigenvalue weighted by atomic mass is 10.1. The number of benzene rings is 1. The van der Waals surface area contributed by atoms with E-state index in [1.165, 1.54) is 0 Å². The van der Waals surface area contributed by atoms with E-state index in [-0.39, 0.29) is 0 Å². The number of aromatic nitrogens is 2. The summed E-state index contributed by atoms with van der Waals surface area (Å²) in [6.07, 6.45) is 3.61. The van der Waals surface area contributed by atoms with E-state index in [0.717, 1.165) is 16.8 Å². The lowest BCUT2D eigenvalue weighted by molar-refractivity contribution is 0.149. The van der Waals surface area contributed by atoms with Crippen LogP contribution in [0.1, 0.15) is 5.56 Å². The van der Waals surface area contributed by atoms with Gasteiger partial charge in [0.05, 0.1) is 18.9 Å². The zero-order valence-corrected chi connectivity index (χ0v) is 10.2. The van der Waals surface area contributed by atoms with Gasteiger partial charge in [-0.2, -0.15) is 0 Å². The number of imidazole rings is 1. The summed E-state index contributed by atoms with van der Waals surface area (Å²) in [5.74, 6) is 0. The van der Waals surface area contributed by atoms with E-state index in [1.807, 2.05) is 30.5 Å². The minimum absolute atomic E-state index is 0.553. The second-order valence-corrected chi connectivity index (χ2v) is 4.03. The maximum Gasteiger partial charge on any atom is 0.174 e. The number of ether oxygens (including phenoxy) is 1. The van der Waals surface area contributed by atoms with Crippen molar-refractivity contribution < 1.29 is 4.74 Å². The first-order chi connectivity index (χ1) is 8.31. The highest BCUT2D eigenvalue weighted by Crippen LogP contribution is 2.21. The molecule has 0 radical (unpaired) electrons. The number of hydrogen-bond acceptors (Lipinski definition) is 2. The Kier molecular flexibility index (Phi) is 3.90. The van der Waals surface area contributed by atoms with Gasteiger partial charge in [0, 0.05) is 11.8 Å². The molecule has 0 amide bonds. The number of rotatable bonds is 5. The number of H-pyrrole nitrogens is 2. The maximum absolute atomic E-state index is 5.47. The summed E-state index contributed by atoms with van der Waals surface area (Å²) in [6.45, 7) is 4.74. The van der Waals surface area contributed by atoms with Crippen molar-refractivity contribution in [1.82, 2.24) is 9.97 Å². The van der Waals surface area contributed by atoms with Gasteiger partial charge in [0.15, 0.2) is 4.77 Å². The molecule has 0 bridgehead atoms. The van der Waals surface area contributed by atoms with Crippen molar-refractivity contribution in [3.63, 3.8) is 0 Å². The fourth-order valence-electron chi connectivity index (χ4n) is 1.64. The average Bonchev–Trinajstić information content (AvgIpc) is 2.77. The molecule has 0 aliphatic carbocycles. The van der Waals surface area contributed by atoms with Gasteiger partial charge in [-0.05, 0) is 17.8 Å². The topological polar surface area (TPSA) is 40.8 Å². The molecule has 1 aromatic carbocycles. The maximum atomic E-state index is 5.47. The highest BCUT2D eigenvalue weighted by Gasteiger charge is 2.05. The molecule has 0 atom stereocenters. The SMILES string of the molecule is C=CCOCc1ccccc1-c1c[nH]c(=S)[nH]1. The Bertz CT molecular complexity index is 556. The van der Waals surface area contributed by atoms with Gasteiger partial charge in [-0.1, -0.05) is 30.3 Å². The molecule has 88 valence electrons. The molecule has 4 heteroatoms. The molecule has 3 nitrogen and oxygen atoms in total. The summed E-state index contributed by atoms with van der Waals surface area (Å²) in [6, 6.07) is 8.08. The van der Waals surface area contributed by atoms with Crippen molar-refractivity contribution >= 4 is 12.2 Å². The van der Waals surface area contributed by atoms with Crippen molar-refractivity contribution in [2.45, 2.75) is 6.61 Å². The van der Waals surface area contributed by atoms with Gasteiger partial charge >= 0.3 is 0 Å². The fourth-order valence-corrected chi connectivity index (χ4v) is 1.81. The highest BCUT2D eigenvalue weighted by molar-refractivity contribution is 7.71. The normalized spacial score (nSPS) is 10.4. The summed E-state index contributed by atoms with van der Waals surface area (Å²) >= 11 is 5.03. The molecule has 0 aliphatic rings. The zero-order chi connectivity index (χ0) is 12.1. The monoisotopic (exact) mass is 246 g/mol. The Morgan fingerprint density at radius 3 is 2.88 bits per heavy atom. The van der Waals surface area contributed by atoms with Crippen LogP contribution in [0, 0.1) is 4.77 Å². The lowest BCUT2D eigenvalue weighted by Crippen LogP contribution is -1.95. The van der Waals surface area contributed by atoms with Crippen molar-refractivity contribution in [3.8, 4) is 11.3 Å². The number of hydrogen-bond donors (Lipinski definition) is 2. The van der Waals surface area contributed by atoms with Crippen LogP contribution in [0.3, 0.4) is 0 Å². The molecule has 0 saturated heterocycles. The standard InChI is InChI=1S/C13H14N2OS/c1-2-7-16-9-10-5-3-4-6-11(10)12-8-14-13(17)15-12/h2-6,8H,1,7,9H2,(H2,14,15,17). The van der Waals surface area contributed by atoms with Gasteiger partial charge < -0.3 is 14.7 Å². The Labute approximate surface area is 105 Å². The van der Waals surface area contributed by atoms with Crippen LogP contribution >= 0.6 is 12.2 Å². The summed E-state index contributed by atoms with van der Waals surface area (Å²) in [5.41, 5.74) is 3.20. The molecule has 1 heterocycles. The molecule has 17 heavy (non-hydrogen) atoms. The molecule has 2 rings (SSSR count). The van der Waals surface area contributed by atoms with Gasteiger partial charge in [0.2, 0.25) is 0 Å². The molecule has 0 aliphatic heterocycles. The minimum atomic E-state index is 0.553. The Morgan fingerprint density at radius 1 is 1.35 bits per heavy atom. The van der Waals surface area contributed by atoms with E-state index in [0.29, 0.717) is 18.0 Å². The van der Waals surface area contributed by atoms with Gasteiger partial charge in [0.25, 0.3) is 0 Å². The van der Waals surface area contributed by atoms with Crippen LogP contribution in [0.4, 0.5) is 0 Å². The number of nitrogens with one attached hydrogen (secondary N) is 2. The predicted molar refractivity (Wildman–Crippen MR) is 71.3 cm³/mol. The van der Waals surface area contributed by atoms with E-state index in [4.69, 9.17) is 17.0 Å². The van der Waals surface area contributed by atoms with E-state index < -0.39 is 0 Å². The van der Waals surface area contributed by atoms with Crippen LogP contribution in [-0.4, -0.2) is 16.6 Å². The summed E-state index contributed by atoms with van der Waals surface area (Å²) in [7, 11) is 0. The first-order valence-electron chi connectivity index (χ1n) is 5.36. The fraction of sp³-hybridized carbons (Fsp3) is 0.154.